The molecule has 3 rings (SSSR count). The number of hydrogen-bond acceptors (Lipinski definition) is 3. The Morgan fingerprint density at radius 2 is 2.14 bits per heavy atom. The van der Waals surface area contributed by atoms with E-state index in [1.807, 2.05) is 36.4 Å². The highest BCUT2D eigenvalue weighted by atomic mass is 35.5. The third kappa shape index (κ3) is 3.14. The molecule has 3 nitrogen and oxygen atoms in total. The van der Waals surface area contributed by atoms with Crippen LogP contribution in [0.2, 0.25) is 5.02 Å². The Morgan fingerprint density at radius 3 is 2.95 bits per heavy atom. The molecule has 0 amide bonds. The number of hydrogen-bond donors (Lipinski definition) is 1. The van der Waals surface area contributed by atoms with E-state index >= 15 is 0 Å². The molecule has 1 unspecified atom stereocenters. The Bertz CT molecular complexity index is 630. The summed E-state index contributed by atoms with van der Waals surface area (Å²) in [5, 5.41) is 4.13. The van der Waals surface area contributed by atoms with Gasteiger partial charge in [-0.25, -0.2) is 0 Å². The molecule has 4 heteroatoms. The molecule has 1 heterocycles. The van der Waals surface area contributed by atoms with Crippen LogP contribution in [0.3, 0.4) is 0 Å². The summed E-state index contributed by atoms with van der Waals surface area (Å²) in [6.07, 6.45) is 0. The average molecular weight is 304 g/mol. The monoisotopic (exact) mass is 303 g/mol. The molecule has 2 aromatic rings. The van der Waals surface area contributed by atoms with Gasteiger partial charge in [0.15, 0.2) is 0 Å². The number of rotatable bonds is 5. The molecule has 0 saturated carbocycles. The number of halogens is 1. The summed E-state index contributed by atoms with van der Waals surface area (Å²) in [7, 11) is 0. The first-order chi connectivity index (χ1) is 10.3. The number of nitrogens with one attached hydrogen (secondary N) is 1. The Balaban J connectivity index is 1.69. The van der Waals surface area contributed by atoms with Gasteiger partial charge in [-0.15, -0.1) is 0 Å². The maximum absolute atomic E-state index is 6.13. The molecule has 1 aliphatic rings. The average Bonchev–Trinajstić information content (AvgIpc) is 2.89. The molecule has 0 bridgehead atoms. The fourth-order valence-electron chi connectivity index (χ4n) is 2.47. The van der Waals surface area contributed by atoms with Gasteiger partial charge in [-0.3, -0.25) is 0 Å². The zero-order chi connectivity index (χ0) is 14.7. The van der Waals surface area contributed by atoms with Gasteiger partial charge in [0.2, 0.25) is 0 Å². The van der Waals surface area contributed by atoms with Crippen LogP contribution in [0.25, 0.3) is 0 Å². The highest BCUT2D eigenvalue weighted by molar-refractivity contribution is 6.31. The lowest BCUT2D eigenvalue weighted by atomic mass is 10.1. The van der Waals surface area contributed by atoms with Crippen LogP contribution in [0.4, 0.5) is 0 Å². The number of likely N-dealkylation sites (N-methyl/N-ethyl adjacent to an activating group) is 1. The van der Waals surface area contributed by atoms with Gasteiger partial charge >= 0.3 is 0 Å². The molecule has 1 atom stereocenters. The van der Waals surface area contributed by atoms with Crippen LogP contribution in [0, 0.1) is 0 Å². The van der Waals surface area contributed by atoms with Crippen LogP contribution < -0.4 is 14.8 Å². The molecule has 2 aromatic carbocycles. The third-order valence-electron chi connectivity index (χ3n) is 3.57. The summed E-state index contributed by atoms with van der Waals surface area (Å²) in [5.74, 6) is 1.70. The number of benzene rings is 2. The van der Waals surface area contributed by atoms with Gasteiger partial charge in [-0.05, 0) is 24.7 Å². The van der Waals surface area contributed by atoms with Gasteiger partial charge in [0.25, 0.3) is 0 Å². The van der Waals surface area contributed by atoms with E-state index < -0.39 is 0 Å². The highest BCUT2D eigenvalue weighted by Gasteiger charge is 2.23. The van der Waals surface area contributed by atoms with Crippen LogP contribution in [0.1, 0.15) is 24.1 Å². The summed E-state index contributed by atoms with van der Waals surface area (Å²) in [6.45, 7) is 4.16. The van der Waals surface area contributed by atoms with Crippen LogP contribution in [-0.4, -0.2) is 13.2 Å². The van der Waals surface area contributed by atoms with Gasteiger partial charge < -0.3 is 14.8 Å². The minimum absolute atomic E-state index is 0.280. The molecule has 0 radical (unpaired) electrons. The van der Waals surface area contributed by atoms with Crippen molar-refractivity contribution in [1.29, 1.82) is 0 Å². The van der Waals surface area contributed by atoms with E-state index in [2.05, 4.69) is 18.3 Å². The topological polar surface area (TPSA) is 30.5 Å². The normalized spacial score (nSPS) is 16.4. The second-order valence-corrected chi connectivity index (χ2v) is 5.41. The van der Waals surface area contributed by atoms with Crippen LogP contribution in [0.5, 0.6) is 11.5 Å². The van der Waals surface area contributed by atoms with Crippen molar-refractivity contribution < 1.29 is 9.47 Å². The third-order valence-corrected chi connectivity index (χ3v) is 3.94. The zero-order valence-corrected chi connectivity index (χ0v) is 12.7. The van der Waals surface area contributed by atoms with Crippen LogP contribution in [-0.2, 0) is 6.61 Å². The van der Waals surface area contributed by atoms with Crippen molar-refractivity contribution in [2.75, 3.05) is 13.2 Å². The first-order valence-corrected chi connectivity index (χ1v) is 7.52. The Morgan fingerprint density at radius 1 is 1.29 bits per heavy atom. The van der Waals surface area contributed by atoms with E-state index in [1.54, 1.807) is 0 Å². The molecule has 1 N–H and O–H groups in total. The Labute approximate surface area is 129 Å². The summed E-state index contributed by atoms with van der Waals surface area (Å²) in [4.78, 5) is 0. The molecule has 0 aliphatic carbocycles. The number of fused-ring (bicyclic) bond motifs is 1. The molecule has 21 heavy (non-hydrogen) atoms. The highest BCUT2D eigenvalue weighted by Crippen LogP contribution is 2.35. The second kappa shape index (κ2) is 6.37. The van der Waals surface area contributed by atoms with Crippen molar-refractivity contribution in [3.63, 3.8) is 0 Å². The molecular weight excluding hydrogens is 286 g/mol. The lowest BCUT2D eigenvalue weighted by molar-refractivity contribution is 0.297. The van der Waals surface area contributed by atoms with Crippen molar-refractivity contribution in [3.8, 4) is 11.5 Å². The summed E-state index contributed by atoms with van der Waals surface area (Å²) in [6, 6.07) is 14.0. The van der Waals surface area contributed by atoms with Crippen molar-refractivity contribution in [2.45, 2.75) is 19.6 Å². The fourth-order valence-corrected chi connectivity index (χ4v) is 2.66. The lowest BCUT2D eigenvalue weighted by Crippen LogP contribution is -2.21. The standard InChI is InChI=1S/C17H18ClNO2/c1-2-19-16-11-21-17-9-13(7-8-14(16)17)20-10-12-5-3-4-6-15(12)18/h3-9,16,19H,2,10-11H2,1H3. The molecule has 0 spiro atoms. The zero-order valence-electron chi connectivity index (χ0n) is 11.9. The fraction of sp³-hybridized carbons (Fsp3) is 0.294. The minimum Gasteiger partial charge on any atom is -0.491 e. The summed E-state index contributed by atoms with van der Waals surface area (Å²) in [5.41, 5.74) is 2.17. The van der Waals surface area contributed by atoms with E-state index in [-0.39, 0.29) is 6.04 Å². The van der Waals surface area contributed by atoms with E-state index in [0.29, 0.717) is 13.2 Å². The summed E-state index contributed by atoms with van der Waals surface area (Å²) >= 11 is 6.13. The molecular formula is C17H18ClNO2. The van der Waals surface area contributed by atoms with Crippen LogP contribution in [0.15, 0.2) is 42.5 Å². The van der Waals surface area contributed by atoms with Crippen molar-refractivity contribution in [3.05, 3.63) is 58.6 Å². The largest absolute Gasteiger partial charge is 0.491 e. The molecule has 0 fully saturated rings. The van der Waals surface area contributed by atoms with Gasteiger partial charge in [-0.2, -0.15) is 0 Å². The van der Waals surface area contributed by atoms with Gasteiger partial charge in [0.1, 0.15) is 24.7 Å². The summed E-state index contributed by atoms with van der Waals surface area (Å²) < 4.78 is 11.5. The van der Waals surface area contributed by atoms with Gasteiger partial charge in [0, 0.05) is 22.2 Å². The quantitative estimate of drug-likeness (QED) is 0.907. The first kappa shape index (κ1) is 14.2. The van der Waals surface area contributed by atoms with Crippen molar-refractivity contribution in [1.82, 2.24) is 5.32 Å². The second-order valence-electron chi connectivity index (χ2n) is 5.00. The predicted octanol–water partition coefficient (Wildman–Crippen LogP) is 3.96. The van der Waals surface area contributed by atoms with Gasteiger partial charge in [0.05, 0.1) is 6.04 Å². The predicted molar refractivity (Wildman–Crippen MR) is 84.1 cm³/mol. The molecule has 0 saturated heterocycles. The SMILES string of the molecule is CCNC1COc2cc(OCc3ccccc3Cl)ccc21. The maximum atomic E-state index is 6.13. The van der Waals surface area contributed by atoms with Crippen molar-refractivity contribution in [2.24, 2.45) is 0 Å². The Hall–Kier alpha value is -1.71. The molecule has 0 aromatic heterocycles. The van der Waals surface area contributed by atoms with E-state index in [9.17, 15) is 0 Å². The first-order valence-electron chi connectivity index (χ1n) is 7.14. The van der Waals surface area contributed by atoms with E-state index in [4.69, 9.17) is 21.1 Å². The van der Waals surface area contributed by atoms with Crippen molar-refractivity contribution >= 4 is 11.6 Å². The Kier molecular flexibility index (Phi) is 4.32. The smallest absolute Gasteiger partial charge is 0.128 e. The molecule has 110 valence electrons. The molecule has 1 aliphatic heterocycles. The van der Waals surface area contributed by atoms with E-state index in [0.717, 1.165) is 28.6 Å². The lowest BCUT2D eigenvalue weighted by Gasteiger charge is -2.10. The van der Waals surface area contributed by atoms with Crippen LogP contribution >= 0.6 is 11.6 Å². The van der Waals surface area contributed by atoms with Gasteiger partial charge in [-0.1, -0.05) is 36.7 Å². The minimum atomic E-state index is 0.280. The number of ether oxygens (including phenoxy) is 2. The van der Waals surface area contributed by atoms with E-state index in [1.165, 1.54) is 5.56 Å². The maximum Gasteiger partial charge on any atom is 0.128 e.